The van der Waals surface area contributed by atoms with Crippen LogP contribution < -0.4 is 10.9 Å². The first-order chi connectivity index (χ1) is 23.9. The average molecular weight is 712 g/mol. The molecule has 268 valence electrons. The number of hydrogen-bond donors (Lipinski definition) is 2. The molecule has 0 aliphatic rings. The number of aryl methyl sites for hydroxylation is 4. The van der Waals surface area contributed by atoms with Crippen LogP contribution in [0.1, 0.15) is 77.8 Å². The van der Waals surface area contributed by atoms with Gasteiger partial charge in [-0.2, -0.15) is 13.2 Å². The van der Waals surface area contributed by atoms with Gasteiger partial charge in [-0.15, -0.1) is 6.42 Å². The lowest BCUT2D eigenvalue weighted by Gasteiger charge is -2.27. The van der Waals surface area contributed by atoms with Crippen LogP contribution in [0.2, 0.25) is 0 Å². The summed E-state index contributed by atoms with van der Waals surface area (Å²) in [6, 6.07) is 4.98. The lowest BCUT2D eigenvalue weighted by atomic mass is 9.88. The molecule has 0 aliphatic carbocycles. The number of carbonyl (C=O) groups excluding carboxylic acids is 1. The third kappa shape index (κ3) is 8.86. The van der Waals surface area contributed by atoms with Crippen LogP contribution in [0.15, 0.2) is 59.7 Å². The molecule has 0 radical (unpaired) electrons. The van der Waals surface area contributed by atoms with Gasteiger partial charge in [-0.1, -0.05) is 25.8 Å². The number of nitrogens with zero attached hydrogens (tertiary/aromatic N) is 2. The van der Waals surface area contributed by atoms with Crippen molar-refractivity contribution in [3.8, 4) is 23.5 Å². The maximum Gasteiger partial charge on any atom is 0.416 e. The monoisotopic (exact) mass is 711 g/mol. The maximum atomic E-state index is 16.6. The Balaban J connectivity index is 1.84. The number of hydrogen-bond acceptors (Lipinski definition) is 4. The van der Waals surface area contributed by atoms with Gasteiger partial charge in [-0.3, -0.25) is 19.4 Å². The van der Waals surface area contributed by atoms with E-state index < -0.39 is 70.7 Å². The van der Waals surface area contributed by atoms with E-state index in [1.165, 1.54) is 20.0 Å². The Kier molecular flexibility index (Phi) is 11.8. The first-order valence-corrected chi connectivity index (χ1v) is 15.9. The number of aromatic nitrogens is 2. The highest BCUT2D eigenvalue weighted by molar-refractivity contribution is 5.83. The van der Waals surface area contributed by atoms with Crippen molar-refractivity contribution in [2.24, 2.45) is 5.92 Å². The van der Waals surface area contributed by atoms with E-state index in [-0.39, 0.29) is 58.6 Å². The number of terminal acetylenes is 1. The molecule has 0 fully saturated rings. The number of aliphatic carboxylic acids is 1. The van der Waals surface area contributed by atoms with E-state index in [9.17, 15) is 37.1 Å². The molecule has 4 rings (SSSR count). The smallest absolute Gasteiger partial charge is 0.416 e. The number of rotatable bonds is 12. The molecule has 0 spiro atoms. The molecule has 51 heavy (non-hydrogen) atoms. The topological polar surface area (TPSA) is 101 Å². The van der Waals surface area contributed by atoms with E-state index in [0.717, 1.165) is 29.0 Å². The van der Waals surface area contributed by atoms with Gasteiger partial charge in [-0.25, -0.2) is 13.2 Å². The Bertz CT molecular complexity index is 2030. The Morgan fingerprint density at radius 2 is 1.69 bits per heavy atom. The Hall–Kier alpha value is -5.38. The van der Waals surface area contributed by atoms with Crippen LogP contribution in [0.4, 0.5) is 26.3 Å². The van der Waals surface area contributed by atoms with E-state index in [1.54, 1.807) is 32.0 Å². The summed E-state index contributed by atoms with van der Waals surface area (Å²) in [5.74, 6) is -3.95. The molecule has 13 heteroatoms. The second kappa shape index (κ2) is 15.7. The van der Waals surface area contributed by atoms with Crippen molar-refractivity contribution in [3.63, 3.8) is 0 Å². The van der Waals surface area contributed by atoms with Gasteiger partial charge in [0.15, 0.2) is 0 Å². The molecule has 0 bridgehead atoms. The minimum atomic E-state index is -4.90. The van der Waals surface area contributed by atoms with Crippen LogP contribution in [-0.4, -0.2) is 26.5 Å². The molecule has 2 aromatic heterocycles. The number of carboxylic acid groups (broad SMARTS) is 1. The predicted octanol–water partition coefficient (Wildman–Crippen LogP) is 7.65. The number of halogens is 6. The molecular weight excluding hydrogens is 676 g/mol. The molecule has 4 aromatic rings. The van der Waals surface area contributed by atoms with Crippen molar-refractivity contribution in [2.45, 2.75) is 71.6 Å². The molecule has 2 N–H and O–H groups in total. The zero-order valence-electron chi connectivity index (χ0n) is 28.2. The van der Waals surface area contributed by atoms with Gasteiger partial charge in [0, 0.05) is 40.8 Å². The van der Waals surface area contributed by atoms with Gasteiger partial charge in [0.05, 0.1) is 18.0 Å². The molecule has 0 aliphatic heterocycles. The SMILES string of the molecule is C#Cc1cc(F)c([C@H](CC(=O)O)NC(=O)[C@H](CC(C)C)n2cc(CCc3ccccn3)c(C(F)(F)F)cc2=O)c(F)c1-c1c(C)cc(F)cc1C. The van der Waals surface area contributed by atoms with Gasteiger partial charge in [0.1, 0.15) is 23.5 Å². The standard InChI is InChI=1S/C38H35F6N3O4/c1-6-23-16-28(40)35(36(41)34(23)33-21(4)14-25(39)15-22(33)5)29(18-32(49)50)46-37(51)30(13-20(2)3)47-19-24(10-11-26-9-7-8-12-45-26)27(17-31(47)48)38(42,43)44/h1,7-9,12,14-17,19-20,29-30H,10-11,13,18H2,2-5H3,(H,46,51)(H,49,50)/t29-,30-/m0/s1. The third-order valence-electron chi connectivity index (χ3n) is 8.38. The second-order valence-corrected chi connectivity index (χ2v) is 12.6. The van der Waals surface area contributed by atoms with Crippen LogP contribution in [0, 0.1) is 49.6 Å². The van der Waals surface area contributed by atoms with E-state index >= 15 is 8.78 Å². The normalized spacial score (nSPS) is 12.7. The van der Waals surface area contributed by atoms with Crippen LogP contribution in [0.5, 0.6) is 0 Å². The Labute approximate surface area is 290 Å². The first-order valence-electron chi connectivity index (χ1n) is 15.9. The lowest BCUT2D eigenvalue weighted by molar-refractivity contribution is -0.139. The van der Waals surface area contributed by atoms with Gasteiger partial charge in [0.25, 0.3) is 5.56 Å². The van der Waals surface area contributed by atoms with Gasteiger partial charge in [-0.05, 0) is 91.6 Å². The first kappa shape index (κ1) is 38.4. The largest absolute Gasteiger partial charge is 0.481 e. The number of carbonyl (C=O) groups is 2. The van der Waals surface area contributed by atoms with Gasteiger partial charge >= 0.3 is 12.1 Å². The zero-order chi connectivity index (χ0) is 37.8. The molecule has 0 saturated heterocycles. The van der Waals surface area contributed by atoms with Gasteiger partial charge in [0.2, 0.25) is 5.91 Å². The van der Waals surface area contributed by atoms with Crippen molar-refractivity contribution in [1.29, 1.82) is 0 Å². The van der Waals surface area contributed by atoms with E-state index in [2.05, 4.69) is 16.2 Å². The molecule has 1 amide bonds. The molecule has 2 atom stereocenters. The van der Waals surface area contributed by atoms with E-state index in [4.69, 9.17) is 6.42 Å². The average Bonchev–Trinajstić information content (AvgIpc) is 3.03. The second-order valence-electron chi connectivity index (χ2n) is 12.6. The highest BCUT2D eigenvalue weighted by atomic mass is 19.4. The third-order valence-corrected chi connectivity index (χ3v) is 8.38. The van der Waals surface area contributed by atoms with E-state index in [0.29, 0.717) is 11.8 Å². The van der Waals surface area contributed by atoms with Crippen molar-refractivity contribution < 1.29 is 41.0 Å². The highest BCUT2D eigenvalue weighted by Gasteiger charge is 2.36. The highest BCUT2D eigenvalue weighted by Crippen LogP contribution is 2.38. The van der Waals surface area contributed by atoms with Crippen LogP contribution in [0.3, 0.4) is 0 Å². The summed E-state index contributed by atoms with van der Waals surface area (Å²) in [6.45, 7) is 6.33. The zero-order valence-corrected chi connectivity index (χ0v) is 28.2. The molecule has 2 heterocycles. The summed E-state index contributed by atoms with van der Waals surface area (Å²) in [4.78, 5) is 43.4. The summed E-state index contributed by atoms with van der Waals surface area (Å²) in [6.07, 6.45) is 1.83. The predicted molar refractivity (Wildman–Crippen MR) is 178 cm³/mol. The molecular formula is C38H35F6N3O4. The molecule has 0 saturated carbocycles. The van der Waals surface area contributed by atoms with Crippen molar-refractivity contribution >= 4 is 11.9 Å². The fourth-order valence-corrected chi connectivity index (χ4v) is 6.19. The molecule has 7 nitrogen and oxygen atoms in total. The summed E-state index contributed by atoms with van der Waals surface area (Å²) < 4.78 is 89.5. The van der Waals surface area contributed by atoms with E-state index in [1.807, 2.05) is 0 Å². The fourth-order valence-electron chi connectivity index (χ4n) is 6.19. The minimum absolute atomic E-state index is 0.0748. The van der Waals surface area contributed by atoms with Crippen LogP contribution in [-0.2, 0) is 28.6 Å². The summed E-state index contributed by atoms with van der Waals surface area (Å²) in [5, 5.41) is 12.1. The van der Waals surface area contributed by atoms with Gasteiger partial charge < -0.3 is 15.0 Å². The maximum absolute atomic E-state index is 16.6. The summed E-state index contributed by atoms with van der Waals surface area (Å²) in [5.41, 5.74) is -2.97. The minimum Gasteiger partial charge on any atom is -0.481 e. The molecule has 0 unspecified atom stereocenters. The Morgan fingerprint density at radius 3 is 2.24 bits per heavy atom. The number of alkyl halides is 3. The van der Waals surface area contributed by atoms with Crippen LogP contribution in [0.25, 0.3) is 11.1 Å². The number of amides is 1. The van der Waals surface area contributed by atoms with Crippen molar-refractivity contribution in [3.05, 3.63) is 122 Å². The lowest BCUT2D eigenvalue weighted by Crippen LogP contribution is -2.41. The number of carboxylic acids is 1. The number of pyridine rings is 2. The summed E-state index contributed by atoms with van der Waals surface area (Å²) in [7, 11) is 0. The van der Waals surface area contributed by atoms with Crippen molar-refractivity contribution in [1.82, 2.24) is 14.9 Å². The van der Waals surface area contributed by atoms with Crippen molar-refractivity contribution in [2.75, 3.05) is 0 Å². The number of benzene rings is 2. The fraction of sp³-hybridized carbons (Fsp3) is 0.316. The molecule has 2 aromatic carbocycles. The van der Waals surface area contributed by atoms with Crippen LogP contribution >= 0.6 is 0 Å². The Morgan fingerprint density at radius 1 is 1.02 bits per heavy atom. The number of nitrogens with one attached hydrogen (secondary N) is 1. The quantitative estimate of drug-likeness (QED) is 0.116. The summed E-state index contributed by atoms with van der Waals surface area (Å²) >= 11 is 0.